The smallest absolute Gasteiger partial charge is 0.321 e. The van der Waals surface area contributed by atoms with E-state index in [9.17, 15) is 4.79 Å². The summed E-state index contributed by atoms with van der Waals surface area (Å²) < 4.78 is 0. The Kier molecular flexibility index (Phi) is 4.37. The molecule has 0 atom stereocenters. The van der Waals surface area contributed by atoms with E-state index >= 15 is 0 Å². The first kappa shape index (κ1) is 16.6. The SMILES string of the molecule is Cc1ccc2nc(C3CCN(C(=O)Nc4ccccc4C)CC3)[nH]c2c1. The molecule has 1 aliphatic heterocycles. The van der Waals surface area contributed by atoms with Crippen molar-refractivity contribution < 1.29 is 4.79 Å². The maximum atomic E-state index is 12.5. The van der Waals surface area contributed by atoms with Crippen LogP contribution in [0.25, 0.3) is 11.0 Å². The summed E-state index contributed by atoms with van der Waals surface area (Å²) in [5.41, 5.74) is 5.31. The number of piperidine rings is 1. The summed E-state index contributed by atoms with van der Waals surface area (Å²) in [5.74, 6) is 1.43. The highest BCUT2D eigenvalue weighted by molar-refractivity contribution is 5.90. The number of nitrogens with one attached hydrogen (secondary N) is 2. The molecule has 2 aromatic carbocycles. The molecule has 5 heteroatoms. The quantitative estimate of drug-likeness (QED) is 0.711. The molecule has 0 bridgehead atoms. The Morgan fingerprint density at radius 3 is 2.69 bits per heavy atom. The average Bonchev–Trinajstić information content (AvgIpc) is 3.07. The van der Waals surface area contributed by atoms with E-state index in [2.05, 4.69) is 35.4 Å². The Hall–Kier alpha value is -2.82. The number of urea groups is 1. The lowest BCUT2D eigenvalue weighted by atomic mass is 9.96. The Bertz CT molecular complexity index is 938. The number of benzene rings is 2. The van der Waals surface area contributed by atoms with Crippen LogP contribution in [0, 0.1) is 13.8 Å². The minimum Gasteiger partial charge on any atom is -0.342 e. The van der Waals surface area contributed by atoms with Crippen LogP contribution in [-0.4, -0.2) is 34.0 Å². The topological polar surface area (TPSA) is 61.0 Å². The lowest BCUT2D eigenvalue weighted by Crippen LogP contribution is -2.40. The molecule has 2 heterocycles. The standard InChI is InChI=1S/C21H24N4O/c1-14-7-8-18-19(13-14)23-20(22-18)16-9-11-25(12-10-16)21(26)24-17-6-4-3-5-15(17)2/h3-8,13,16H,9-12H2,1-2H3,(H,22,23)(H,24,26). The Morgan fingerprint density at radius 1 is 1.15 bits per heavy atom. The minimum absolute atomic E-state index is 0.0158. The van der Waals surface area contributed by atoms with Crippen molar-refractivity contribution in [1.82, 2.24) is 14.9 Å². The summed E-state index contributed by atoms with van der Waals surface area (Å²) in [7, 11) is 0. The highest BCUT2D eigenvalue weighted by Gasteiger charge is 2.26. The molecule has 2 amide bonds. The number of aromatic nitrogens is 2. The second-order valence-corrected chi connectivity index (χ2v) is 7.15. The molecular formula is C21H24N4O. The van der Waals surface area contributed by atoms with Crippen molar-refractivity contribution in [2.45, 2.75) is 32.6 Å². The molecule has 5 nitrogen and oxygen atoms in total. The number of carbonyl (C=O) groups is 1. The third-order valence-electron chi connectivity index (χ3n) is 5.21. The van der Waals surface area contributed by atoms with Crippen molar-refractivity contribution in [1.29, 1.82) is 0 Å². The van der Waals surface area contributed by atoms with Crippen LogP contribution in [0.15, 0.2) is 42.5 Å². The van der Waals surface area contributed by atoms with Gasteiger partial charge in [-0.15, -0.1) is 0 Å². The van der Waals surface area contributed by atoms with Gasteiger partial charge in [0.15, 0.2) is 0 Å². The van der Waals surface area contributed by atoms with Crippen molar-refractivity contribution in [2.75, 3.05) is 18.4 Å². The molecule has 3 aromatic rings. The number of carbonyl (C=O) groups excluding carboxylic acids is 1. The number of nitrogens with zero attached hydrogens (tertiary/aromatic N) is 2. The van der Waals surface area contributed by atoms with Crippen molar-refractivity contribution in [2.24, 2.45) is 0 Å². The summed E-state index contributed by atoms with van der Waals surface area (Å²) >= 11 is 0. The van der Waals surface area contributed by atoms with Crippen LogP contribution in [0.1, 0.15) is 35.7 Å². The van der Waals surface area contributed by atoms with Gasteiger partial charge in [0.2, 0.25) is 0 Å². The van der Waals surface area contributed by atoms with E-state index in [0.717, 1.165) is 54.0 Å². The first-order chi connectivity index (χ1) is 12.6. The molecule has 0 aliphatic carbocycles. The molecule has 2 N–H and O–H groups in total. The first-order valence-electron chi connectivity index (χ1n) is 9.18. The lowest BCUT2D eigenvalue weighted by molar-refractivity contribution is 0.193. The van der Waals surface area contributed by atoms with Crippen LogP contribution in [0.2, 0.25) is 0 Å². The van der Waals surface area contributed by atoms with Crippen LogP contribution in [0.5, 0.6) is 0 Å². The van der Waals surface area contributed by atoms with E-state index in [4.69, 9.17) is 4.98 Å². The highest BCUT2D eigenvalue weighted by atomic mass is 16.2. The van der Waals surface area contributed by atoms with E-state index in [1.54, 1.807) is 0 Å². The number of hydrogen-bond donors (Lipinski definition) is 2. The third kappa shape index (κ3) is 3.29. The monoisotopic (exact) mass is 348 g/mol. The number of aryl methyl sites for hydroxylation is 2. The lowest BCUT2D eigenvalue weighted by Gasteiger charge is -2.31. The minimum atomic E-state index is -0.0158. The molecule has 0 spiro atoms. The molecule has 26 heavy (non-hydrogen) atoms. The number of H-pyrrole nitrogens is 1. The number of rotatable bonds is 2. The van der Waals surface area contributed by atoms with Gasteiger partial charge in [-0.1, -0.05) is 24.3 Å². The molecule has 134 valence electrons. The predicted octanol–water partition coefficient (Wildman–Crippen LogP) is 4.59. The third-order valence-corrected chi connectivity index (χ3v) is 5.21. The van der Waals surface area contributed by atoms with E-state index in [1.165, 1.54) is 5.56 Å². The fourth-order valence-corrected chi connectivity index (χ4v) is 3.60. The number of para-hydroxylation sites is 1. The van der Waals surface area contributed by atoms with E-state index in [0.29, 0.717) is 5.92 Å². The first-order valence-corrected chi connectivity index (χ1v) is 9.18. The van der Waals surface area contributed by atoms with Gasteiger partial charge in [0.05, 0.1) is 11.0 Å². The molecule has 1 fully saturated rings. The highest BCUT2D eigenvalue weighted by Crippen LogP contribution is 2.28. The molecule has 0 unspecified atom stereocenters. The van der Waals surface area contributed by atoms with Crippen LogP contribution in [0.3, 0.4) is 0 Å². The van der Waals surface area contributed by atoms with Crippen LogP contribution in [0.4, 0.5) is 10.5 Å². The van der Waals surface area contributed by atoms with Gasteiger partial charge in [0.25, 0.3) is 0 Å². The fraction of sp³-hybridized carbons (Fsp3) is 0.333. The number of likely N-dealkylation sites (tertiary alicyclic amines) is 1. The van der Waals surface area contributed by atoms with Gasteiger partial charge in [-0.05, 0) is 56.0 Å². The van der Waals surface area contributed by atoms with Gasteiger partial charge in [-0.3, -0.25) is 0 Å². The second-order valence-electron chi connectivity index (χ2n) is 7.15. The maximum Gasteiger partial charge on any atom is 0.321 e. The molecule has 1 aromatic heterocycles. The molecule has 0 radical (unpaired) electrons. The van der Waals surface area contributed by atoms with Crippen LogP contribution in [-0.2, 0) is 0 Å². The van der Waals surface area contributed by atoms with Crippen molar-refractivity contribution in [3.05, 3.63) is 59.4 Å². The number of fused-ring (bicyclic) bond motifs is 1. The molecule has 4 rings (SSSR count). The van der Waals surface area contributed by atoms with Gasteiger partial charge in [0.1, 0.15) is 5.82 Å². The largest absolute Gasteiger partial charge is 0.342 e. The fourth-order valence-electron chi connectivity index (χ4n) is 3.60. The normalized spacial score (nSPS) is 15.4. The molecule has 0 saturated carbocycles. The van der Waals surface area contributed by atoms with Crippen molar-refractivity contribution in [3.8, 4) is 0 Å². The Morgan fingerprint density at radius 2 is 1.92 bits per heavy atom. The zero-order valence-electron chi connectivity index (χ0n) is 15.2. The number of imidazole rings is 1. The average molecular weight is 348 g/mol. The Balaban J connectivity index is 1.40. The number of hydrogen-bond acceptors (Lipinski definition) is 2. The summed E-state index contributed by atoms with van der Waals surface area (Å²) in [4.78, 5) is 22.7. The number of aromatic amines is 1. The van der Waals surface area contributed by atoms with Gasteiger partial charge in [-0.2, -0.15) is 0 Å². The van der Waals surface area contributed by atoms with Crippen molar-refractivity contribution in [3.63, 3.8) is 0 Å². The van der Waals surface area contributed by atoms with E-state index in [1.807, 2.05) is 36.1 Å². The zero-order chi connectivity index (χ0) is 18.1. The summed E-state index contributed by atoms with van der Waals surface area (Å²) in [6.07, 6.45) is 1.86. The van der Waals surface area contributed by atoms with E-state index < -0.39 is 0 Å². The van der Waals surface area contributed by atoms with Crippen molar-refractivity contribution >= 4 is 22.8 Å². The molecular weight excluding hydrogens is 324 g/mol. The number of anilines is 1. The molecule has 1 aliphatic rings. The zero-order valence-corrected chi connectivity index (χ0v) is 15.2. The summed E-state index contributed by atoms with van der Waals surface area (Å²) in [6, 6.07) is 14.1. The predicted molar refractivity (Wildman–Crippen MR) is 105 cm³/mol. The van der Waals surface area contributed by atoms with Gasteiger partial charge >= 0.3 is 6.03 Å². The van der Waals surface area contributed by atoms with Crippen LogP contribution >= 0.6 is 0 Å². The van der Waals surface area contributed by atoms with Gasteiger partial charge < -0.3 is 15.2 Å². The summed E-state index contributed by atoms with van der Waals surface area (Å²) in [6.45, 7) is 5.59. The van der Waals surface area contributed by atoms with Crippen LogP contribution < -0.4 is 5.32 Å². The number of amides is 2. The van der Waals surface area contributed by atoms with E-state index in [-0.39, 0.29) is 6.03 Å². The Labute approximate surface area is 153 Å². The maximum absolute atomic E-state index is 12.5. The summed E-state index contributed by atoms with van der Waals surface area (Å²) in [5, 5.41) is 3.03. The van der Waals surface area contributed by atoms with Gasteiger partial charge in [-0.25, -0.2) is 9.78 Å². The molecule has 1 saturated heterocycles. The second kappa shape index (κ2) is 6.83. The van der Waals surface area contributed by atoms with Gasteiger partial charge in [0, 0.05) is 24.7 Å².